The highest BCUT2D eigenvalue weighted by molar-refractivity contribution is 7.89. The van der Waals surface area contributed by atoms with Crippen molar-refractivity contribution in [2.24, 2.45) is 0 Å². The van der Waals surface area contributed by atoms with E-state index in [0.717, 1.165) is 33.0 Å². The highest BCUT2D eigenvalue weighted by Crippen LogP contribution is 2.27. The first-order valence-electron chi connectivity index (χ1n) is 9.03. The number of rotatable bonds is 6. The van der Waals surface area contributed by atoms with Crippen molar-refractivity contribution >= 4 is 26.9 Å². The second kappa shape index (κ2) is 7.77. The van der Waals surface area contributed by atoms with Crippen LogP contribution in [0, 0.1) is 0 Å². The Bertz CT molecular complexity index is 1100. The summed E-state index contributed by atoms with van der Waals surface area (Å²) in [6.07, 6.45) is 0.739. The molecular weight excluding hydrogens is 376 g/mol. The van der Waals surface area contributed by atoms with E-state index < -0.39 is 10.0 Å². The summed E-state index contributed by atoms with van der Waals surface area (Å²) in [5, 5.41) is 1.01. The molecule has 0 fully saturated rings. The van der Waals surface area contributed by atoms with E-state index in [-0.39, 0.29) is 10.8 Å². The van der Waals surface area contributed by atoms with Gasteiger partial charge in [-0.1, -0.05) is 25.1 Å². The number of carbonyl (C=O) groups excluding carboxylic acids is 1. The van der Waals surface area contributed by atoms with E-state index in [4.69, 9.17) is 4.42 Å². The smallest absolute Gasteiger partial charge is 0.253 e. The predicted octanol–water partition coefficient (Wildman–Crippen LogP) is 3.52. The molecule has 1 aromatic heterocycles. The Morgan fingerprint density at radius 2 is 1.64 bits per heavy atom. The van der Waals surface area contributed by atoms with E-state index >= 15 is 0 Å². The van der Waals surface area contributed by atoms with Gasteiger partial charge >= 0.3 is 0 Å². The molecule has 1 heterocycles. The average molecular weight is 401 g/mol. The molecule has 7 heteroatoms. The quantitative estimate of drug-likeness (QED) is 0.635. The van der Waals surface area contributed by atoms with E-state index in [2.05, 4.69) is 0 Å². The molecule has 0 saturated carbocycles. The molecule has 148 valence electrons. The number of fused-ring (bicyclic) bond motifs is 1. The molecule has 0 saturated heterocycles. The van der Waals surface area contributed by atoms with E-state index in [1.807, 2.05) is 31.2 Å². The summed E-state index contributed by atoms with van der Waals surface area (Å²) in [6.45, 7) is 2.43. The van der Waals surface area contributed by atoms with Crippen LogP contribution in [0.25, 0.3) is 11.0 Å². The van der Waals surface area contributed by atoms with Crippen LogP contribution in [0.3, 0.4) is 0 Å². The maximum atomic E-state index is 12.8. The zero-order chi connectivity index (χ0) is 20.5. The largest absolute Gasteiger partial charge is 0.461 e. The maximum absolute atomic E-state index is 12.8. The summed E-state index contributed by atoms with van der Waals surface area (Å²) in [6, 6.07) is 13.8. The molecule has 6 nitrogen and oxygen atoms in total. The molecule has 3 rings (SSSR count). The SMILES string of the molecule is CCc1oc2ccccc2c1CN(C)C(=O)c1ccc(S(=O)(=O)N(C)C)cc1. The summed E-state index contributed by atoms with van der Waals surface area (Å²) in [5.41, 5.74) is 2.25. The number of benzene rings is 2. The predicted molar refractivity (Wildman–Crippen MR) is 109 cm³/mol. The lowest BCUT2D eigenvalue weighted by molar-refractivity contribution is 0.0785. The summed E-state index contributed by atoms with van der Waals surface area (Å²) >= 11 is 0. The van der Waals surface area contributed by atoms with E-state index in [9.17, 15) is 13.2 Å². The van der Waals surface area contributed by atoms with Gasteiger partial charge in [-0.3, -0.25) is 4.79 Å². The van der Waals surface area contributed by atoms with Gasteiger partial charge in [-0.2, -0.15) is 0 Å². The molecule has 2 aromatic carbocycles. The molecule has 0 aliphatic heterocycles. The van der Waals surface area contributed by atoms with Crippen LogP contribution in [0.15, 0.2) is 57.8 Å². The first kappa shape index (κ1) is 20.1. The maximum Gasteiger partial charge on any atom is 0.253 e. The van der Waals surface area contributed by atoms with Crippen LogP contribution in [0.5, 0.6) is 0 Å². The number of furan rings is 1. The number of carbonyl (C=O) groups is 1. The van der Waals surface area contributed by atoms with E-state index in [0.29, 0.717) is 12.1 Å². The van der Waals surface area contributed by atoms with Crippen molar-refractivity contribution in [2.45, 2.75) is 24.8 Å². The summed E-state index contributed by atoms with van der Waals surface area (Å²) < 4.78 is 31.4. The lowest BCUT2D eigenvalue weighted by atomic mass is 10.1. The van der Waals surface area contributed by atoms with Crippen molar-refractivity contribution in [2.75, 3.05) is 21.1 Å². The zero-order valence-electron chi connectivity index (χ0n) is 16.5. The molecule has 0 atom stereocenters. The second-order valence-electron chi connectivity index (χ2n) is 6.83. The number of sulfonamides is 1. The molecule has 0 radical (unpaired) electrons. The number of amides is 1. The Kier molecular flexibility index (Phi) is 5.58. The van der Waals surface area contributed by atoms with Crippen LogP contribution in [-0.4, -0.2) is 44.7 Å². The Hall–Kier alpha value is -2.64. The minimum Gasteiger partial charge on any atom is -0.461 e. The number of hydrogen-bond donors (Lipinski definition) is 0. The molecule has 0 aliphatic rings. The number of aryl methyl sites for hydroxylation is 1. The fraction of sp³-hybridized carbons (Fsp3) is 0.286. The molecule has 0 spiro atoms. The molecular formula is C21H24N2O4S. The van der Waals surface area contributed by atoms with Gasteiger partial charge in [0.15, 0.2) is 0 Å². The molecule has 0 aliphatic carbocycles. The van der Waals surface area contributed by atoms with Gasteiger partial charge in [0.1, 0.15) is 11.3 Å². The molecule has 0 N–H and O–H groups in total. The van der Waals surface area contributed by atoms with Crippen LogP contribution in [0.2, 0.25) is 0 Å². The minimum absolute atomic E-state index is 0.158. The number of hydrogen-bond acceptors (Lipinski definition) is 4. The van der Waals surface area contributed by atoms with Crippen LogP contribution in [0.1, 0.15) is 28.6 Å². The summed E-state index contributed by atoms with van der Waals surface area (Å²) in [7, 11) is 1.16. The number of nitrogens with zero attached hydrogens (tertiary/aromatic N) is 2. The van der Waals surface area contributed by atoms with Gasteiger partial charge in [0.2, 0.25) is 10.0 Å². The lowest BCUT2D eigenvalue weighted by Gasteiger charge is -2.18. The van der Waals surface area contributed by atoms with Crippen LogP contribution in [0.4, 0.5) is 0 Å². The van der Waals surface area contributed by atoms with E-state index in [1.54, 1.807) is 24.1 Å². The lowest BCUT2D eigenvalue weighted by Crippen LogP contribution is -2.27. The Morgan fingerprint density at radius 1 is 1.00 bits per heavy atom. The van der Waals surface area contributed by atoms with Crippen molar-refractivity contribution in [3.05, 3.63) is 65.4 Å². The number of para-hydroxylation sites is 1. The highest BCUT2D eigenvalue weighted by Gasteiger charge is 2.20. The normalized spacial score (nSPS) is 11.9. The third kappa shape index (κ3) is 3.68. The van der Waals surface area contributed by atoms with Crippen LogP contribution in [-0.2, 0) is 23.0 Å². The summed E-state index contributed by atoms with van der Waals surface area (Å²) in [5.74, 6) is 0.689. The molecule has 0 unspecified atom stereocenters. The van der Waals surface area contributed by atoms with Gasteiger partial charge in [0, 0.05) is 50.6 Å². The van der Waals surface area contributed by atoms with Crippen LogP contribution < -0.4 is 0 Å². The van der Waals surface area contributed by atoms with Gasteiger partial charge in [-0.05, 0) is 30.3 Å². The highest BCUT2D eigenvalue weighted by atomic mass is 32.2. The first-order valence-corrected chi connectivity index (χ1v) is 10.5. The third-order valence-corrected chi connectivity index (χ3v) is 6.55. The first-order chi connectivity index (χ1) is 13.3. The summed E-state index contributed by atoms with van der Waals surface area (Å²) in [4.78, 5) is 14.6. The molecule has 28 heavy (non-hydrogen) atoms. The topological polar surface area (TPSA) is 70.8 Å². The van der Waals surface area contributed by atoms with Gasteiger partial charge in [-0.15, -0.1) is 0 Å². The van der Waals surface area contributed by atoms with Crippen molar-refractivity contribution in [1.82, 2.24) is 9.21 Å². The van der Waals surface area contributed by atoms with Crippen molar-refractivity contribution in [1.29, 1.82) is 0 Å². The fourth-order valence-electron chi connectivity index (χ4n) is 3.12. The second-order valence-corrected chi connectivity index (χ2v) is 8.98. The zero-order valence-corrected chi connectivity index (χ0v) is 17.3. The molecule has 1 amide bonds. The van der Waals surface area contributed by atoms with Crippen molar-refractivity contribution in [3.8, 4) is 0 Å². The van der Waals surface area contributed by atoms with Crippen molar-refractivity contribution < 1.29 is 17.6 Å². The third-order valence-electron chi connectivity index (χ3n) is 4.72. The monoisotopic (exact) mass is 400 g/mol. The van der Waals surface area contributed by atoms with Gasteiger partial charge in [0.25, 0.3) is 5.91 Å². The average Bonchev–Trinajstić information content (AvgIpc) is 3.05. The van der Waals surface area contributed by atoms with Crippen LogP contribution >= 0.6 is 0 Å². The van der Waals surface area contributed by atoms with Gasteiger partial charge in [-0.25, -0.2) is 12.7 Å². The molecule has 0 bridgehead atoms. The van der Waals surface area contributed by atoms with Crippen molar-refractivity contribution in [3.63, 3.8) is 0 Å². The minimum atomic E-state index is -3.52. The van der Waals surface area contributed by atoms with Gasteiger partial charge in [0.05, 0.1) is 4.90 Å². The fourth-order valence-corrected chi connectivity index (χ4v) is 4.02. The standard InChI is InChI=1S/C21H24N2O4S/c1-5-19-18(17-8-6-7-9-20(17)27-19)14-23(4)21(24)15-10-12-16(13-11-15)28(25,26)22(2)3/h6-13H,5,14H2,1-4H3. The van der Waals surface area contributed by atoms with Gasteiger partial charge < -0.3 is 9.32 Å². The molecule has 3 aromatic rings. The Morgan fingerprint density at radius 3 is 2.25 bits per heavy atom. The van der Waals surface area contributed by atoms with E-state index in [1.165, 1.54) is 26.2 Å². The Labute approximate surface area is 165 Å². The Balaban J connectivity index is 1.84.